The SMILES string of the molecule is CCc1nc(C(=O)Nc2cnn(CC(=O)NC)c2)n[nH]1. The maximum atomic E-state index is 11.9. The van der Waals surface area contributed by atoms with Crippen LogP contribution in [0.15, 0.2) is 12.4 Å². The van der Waals surface area contributed by atoms with Gasteiger partial charge in [-0.1, -0.05) is 6.92 Å². The highest BCUT2D eigenvalue weighted by atomic mass is 16.2. The Labute approximate surface area is 114 Å². The van der Waals surface area contributed by atoms with Crippen LogP contribution >= 0.6 is 0 Å². The van der Waals surface area contributed by atoms with E-state index >= 15 is 0 Å². The van der Waals surface area contributed by atoms with Gasteiger partial charge in [-0.05, 0) is 0 Å². The third-order valence-corrected chi connectivity index (χ3v) is 2.55. The minimum absolute atomic E-state index is 0.0703. The summed E-state index contributed by atoms with van der Waals surface area (Å²) in [5, 5.41) is 15.5. The van der Waals surface area contributed by atoms with Gasteiger partial charge in [0.2, 0.25) is 11.7 Å². The van der Waals surface area contributed by atoms with Gasteiger partial charge in [-0.15, -0.1) is 5.10 Å². The Morgan fingerprint density at radius 2 is 2.25 bits per heavy atom. The van der Waals surface area contributed by atoms with E-state index < -0.39 is 5.91 Å². The number of aromatic nitrogens is 5. The van der Waals surface area contributed by atoms with Crippen LogP contribution < -0.4 is 10.6 Å². The van der Waals surface area contributed by atoms with E-state index in [2.05, 4.69) is 30.9 Å². The molecule has 20 heavy (non-hydrogen) atoms. The Morgan fingerprint density at radius 1 is 1.45 bits per heavy atom. The molecule has 0 atom stereocenters. The normalized spacial score (nSPS) is 10.3. The van der Waals surface area contributed by atoms with Gasteiger partial charge in [-0.25, -0.2) is 4.98 Å². The number of nitrogens with zero attached hydrogens (tertiary/aromatic N) is 4. The number of aromatic amines is 1. The highest BCUT2D eigenvalue weighted by Gasteiger charge is 2.13. The van der Waals surface area contributed by atoms with Crippen LogP contribution in [0.3, 0.4) is 0 Å². The van der Waals surface area contributed by atoms with Crippen molar-refractivity contribution in [3.63, 3.8) is 0 Å². The number of carbonyl (C=O) groups is 2. The first kappa shape index (κ1) is 13.7. The summed E-state index contributed by atoms with van der Waals surface area (Å²) >= 11 is 0. The summed E-state index contributed by atoms with van der Waals surface area (Å²) in [5.74, 6) is 0.110. The molecule has 2 aromatic rings. The van der Waals surface area contributed by atoms with Gasteiger partial charge in [0.15, 0.2) is 0 Å². The average Bonchev–Trinajstić information content (AvgIpc) is 3.07. The van der Waals surface area contributed by atoms with Crippen LogP contribution in [0.1, 0.15) is 23.4 Å². The molecule has 0 aliphatic rings. The Kier molecular flexibility index (Phi) is 4.08. The maximum absolute atomic E-state index is 11.9. The van der Waals surface area contributed by atoms with Crippen molar-refractivity contribution in [3.05, 3.63) is 24.0 Å². The molecule has 2 amide bonds. The number of amides is 2. The zero-order valence-corrected chi connectivity index (χ0v) is 11.2. The first-order valence-corrected chi connectivity index (χ1v) is 6.08. The van der Waals surface area contributed by atoms with Gasteiger partial charge < -0.3 is 10.6 Å². The molecule has 2 rings (SSSR count). The molecule has 0 bridgehead atoms. The summed E-state index contributed by atoms with van der Waals surface area (Å²) < 4.78 is 1.42. The summed E-state index contributed by atoms with van der Waals surface area (Å²) in [5.41, 5.74) is 0.474. The summed E-state index contributed by atoms with van der Waals surface area (Å²) in [6.07, 6.45) is 3.68. The summed E-state index contributed by atoms with van der Waals surface area (Å²) in [4.78, 5) is 27.1. The predicted molar refractivity (Wildman–Crippen MR) is 70.0 cm³/mol. The molecule has 0 saturated carbocycles. The fourth-order valence-electron chi connectivity index (χ4n) is 1.48. The fourth-order valence-corrected chi connectivity index (χ4v) is 1.48. The van der Waals surface area contributed by atoms with E-state index in [9.17, 15) is 9.59 Å². The standard InChI is InChI=1S/C11H15N7O2/c1-3-8-15-10(17-16-8)11(20)14-7-4-13-18(5-7)6-9(19)12-2/h4-5H,3,6H2,1-2H3,(H,12,19)(H,14,20)(H,15,16,17). The highest BCUT2D eigenvalue weighted by molar-refractivity contribution is 6.01. The van der Waals surface area contributed by atoms with Crippen LogP contribution in [0.25, 0.3) is 0 Å². The molecule has 0 saturated heterocycles. The molecule has 2 aromatic heterocycles. The molecular weight excluding hydrogens is 262 g/mol. The molecule has 0 spiro atoms. The number of hydrogen-bond acceptors (Lipinski definition) is 5. The smallest absolute Gasteiger partial charge is 0.295 e. The summed E-state index contributed by atoms with van der Waals surface area (Å²) in [7, 11) is 1.54. The zero-order valence-electron chi connectivity index (χ0n) is 11.2. The number of hydrogen-bond donors (Lipinski definition) is 3. The van der Waals surface area contributed by atoms with Gasteiger partial charge in [-0.3, -0.25) is 19.4 Å². The lowest BCUT2D eigenvalue weighted by Gasteiger charge is -1.99. The number of anilines is 1. The van der Waals surface area contributed by atoms with Crippen molar-refractivity contribution < 1.29 is 9.59 Å². The minimum Gasteiger partial charge on any atom is -0.358 e. The summed E-state index contributed by atoms with van der Waals surface area (Å²) in [6.45, 7) is 2.00. The number of rotatable bonds is 5. The highest BCUT2D eigenvalue weighted by Crippen LogP contribution is 2.06. The van der Waals surface area contributed by atoms with Gasteiger partial charge in [0.25, 0.3) is 5.91 Å². The lowest BCUT2D eigenvalue weighted by atomic mass is 10.4. The molecule has 2 heterocycles. The van der Waals surface area contributed by atoms with Crippen molar-refractivity contribution in [1.82, 2.24) is 30.3 Å². The van der Waals surface area contributed by atoms with Gasteiger partial charge in [0.1, 0.15) is 12.4 Å². The maximum Gasteiger partial charge on any atom is 0.295 e. The number of likely N-dealkylation sites (N-methyl/N-ethyl adjacent to an activating group) is 1. The number of aryl methyl sites for hydroxylation is 1. The quantitative estimate of drug-likeness (QED) is 0.685. The van der Waals surface area contributed by atoms with E-state index in [4.69, 9.17) is 0 Å². The monoisotopic (exact) mass is 277 g/mol. The van der Waals surface area contributed by atoms with E-state index in [-0.39, 0.29) is 18.3 Å². The van der Waals surface area contributed by atoms with Crippen molar-refractivity contribution in [1.29, 1.82) is 0 Å². The third-order valence-electron chi connectivity index (χ3n) is 2.55. The lowest BCUT2D eigenvalue weighted by molar-refractivity contribution is -0.121. The predicted octanol–water partition coefficient (Wildman–Crippen LogP) is -0.438. The van der Waals surface area contributed by atoms with Gasteiger partial charge in [-0.2, -0.15) is 5.10 Å². The van der Waals surface area contributed by atoms with Crippen molar-refractivity contribution >= 4 is 17.5 Å². The van der Waals surface area contributed by atoms with Crippen LogP contribution in [-0.2, 0) is 17.8 Å². The van der Waals surface area contributed by atoms with Gasteiger partial charge in [0, 0.05) is 19.7 Å². The van der Waals surface area contributed by atoms with Crippen molar-refractivity contribution in [2.75, 3.05) is 12.4 Å². The largest absolute Gasteiger partial charge is 0.358 e. The molecule has 0 radical (unpaired) electrons. The fraction of sp³-hybridized carbons (Fsp3) is 0.364. The number of carbonyl (C=O) groups excluding carboxylic acids is 2. The van der Waals surface area contributed by atoms with Crippen LogP contribution in [0.4, 0.5) is 5.69 Å². The van der Waals surface area contributed by atoms with Crippen LogP contribution in [-0.4, -0.2) is 43.8 Å². The average molecular weight is 277 g/mol. The second-order valence-electron chi connectivity index (χ2n) is 4.01. The molecule has 0 aliphatic carbocycles. The molecule has 9 nitrogen and oxygen atoms in total. The Morgan fingerprint density at radius 3 is 2.90 bits per heavy atom. The molecule has 0 aromatic carbocycles. The second-order valence-corrected chi connectivity index (χ2v) is 4.01. The molecule has 9 heteroatoms. The Balaban J connectivity index is 1.99. The molecule has 106 valence electrons. The first-order valence-electron chi connectivity index (χ1n) is 6.08. The van der Waals surface area contributed by atoms with Crippen molar-refractivity contribution in [2.24, 2.45) is 0 Å². The van der Waals surface area contributed by atoms with E-state index in [1.807, 2.05) is 6.92 Å². The van der Waals surface area contributed by atoms with E-state index in [0.717, 1.165) is 0 Å². The minimum atomic E-state index is -0.430. The van der Waals surface area contributed by atoms with Crippen LogP contribution in [0.5, 0.6) is 0 Å². The molecular formula is C11H15N7O2. The first-order chi connectivity index (χ1) is 9.62. The molecule has 0 aliphatic heterocycles. The van der Waals surface area contributed by atoms with Crippen LogP contribution in [0.2, 0.25) is 0 Å². The Hall–Kier alpha value is -2.71. The number of nitrogens with one attached hydrogen (secondary N) is 3. The third kappa shape index (κ3) is 3.19. The van der Waals surface area contributed by atoms with Crippen molar-refractivity contribution in [3.8, 4) is 0 Å². The molecule has 0 unspecified atom stereocenters. The lowest BCUT2D eigenvalue weighted by Crippen LogP contribution is -2.23. The topological polar surface area (TPSA) is 118 Å². The van der Waals surface area contributed by atoms with Gasteiger partial charge >= 0.3 is 0 Å². The van der Waals surface area contributed by atoms with Crippen molar-refractivity contribution in [2.45, 2.75) is 19.9 Å². The number of H-pyrrole nitrogens is 1. The van der Waals surface area contributed by atoms with Gasteiger partial charge in [0.05, 0.1) is 11.9 Å². The zero-order chi connectivity index (χ0) is 14.5. The molecule has 0 fully saturated rings. The van der Waals surface area contributed by atoms with E-state index in [0.29, 0.717) is 17.9 Å². The van der Waals surface area contributed by atoms with E-state index in [1.165, 1.54) is 10.9 Å². The second kappa shape index (κ2) is 5.95. The van der Waals surface area contributed by atoms with Crippen LogP contribution in [0, 0.1) is 0 Å². The van der Waals surface area contributed by atoms with E-state index in [1.54, 1.807) is 13.2 Å². The molecule has 3 N–H and O–H groups in total. The Bertz CT molecular complexity index is 616. The summed E-state index contributed by atoms with van der Waals surface area (Å²) in [6, 6.07) is 0.